The third kappa shape index (κ3) is 11.8. The quantitative estimate of drug-likeness (QED) is 0.526. The van der Waals surface area contributed by atoms with E-state index in [0.717, 1.165) is 45.8 Å². The molecule has 0 atom stereocenters. The highest BCUT2D eigenvalue weighted by Crippen LogP contribution is 1.86. The van der Waals surface area contributed by atoms with E-state index < -0.39 is 0 Å². The molecule has 0 unspecified atom stereocenters. The summed E-state index contributed by atoms with van der Waals surface area (Å²) >= 11 is 0. The number of nitrogens with one attached hydrogen (secondary N) is 1. The minimum atomic E-state index is 0.860. The van der Waals surface area contributed by atoms with Crippen molar-refractivity contribution in [3.8, 4) is 0 Å². The first kappa shape index (κ1) is 14.8. The predicted molar refractivity (Wildman–Crippen MR) is 65.4 cm³/mol. The lowest BCUT2D eigenvalue weighted by Gasteiger charge is -2.17. The fourth-order valence-electron chi connectivity index (χ4n) is 1.29. The lowest BCUT2D eigenvalue weighted by atomic mass is 10.4. The summed E-state index contributed by atoms with van der Waals surface area (Å²) in [5.41, 5.74) is 0. The normalized spacial score (nSPS) is 11.6. The zero-order chi connectivity index (χ0) is 11.5. The van der Waals surface area contributed by atoms with Crippen LogP contribution in [0.5, 0.6) is 0 Å². The maximum absolute atomic E-state index is 5.01. The molecule has 0 aliphatic heterocycles. The highest BCUT2D eigenvalue weighted by molar-refractivity contribution is 4.56. The summed E-state index contributed by atoms with van der Waals surface area (Å²) in [4.78, 5) is 4.52. The van der Waals surface area contributed by atoms with Gasteiger partial charge in [-0.3, -0.25) is 0 Å². The maximum atomic E-state index is 5.01. The molecule has 0 saturated carbocycles. The first-order valence-electron chi connectivity index (χ1n) is 5.69. The fourth-order valence-corrected chi connectivity index (χ4v) is 1.29. The van der Waals surface area contributed by atoms with Crippen LogP contribution in [0.4, 0.5) is 0 Å². The number of hydrogen-bond donors (Lipinski definition) is 1. The third-order valence-electron chi connectivity index (χ3n) is 2.29. The number of hydrogen-bond acceptors (Lipinski definition) is 4. The van der Waals surface area contributed by atoms with Gasteiger partial charge in [-0.1, -0.05) is 0 Å². The van der Waals surface area contributed by atoms with E-state index >= 15 is 0 Å². The smallest absolute Gasteiger partial charge is 0.0474 e. The second-order valence-corrected chi connectivity index (χ2v) is 4.20. The summed E-state index contributed by atoms with van der Waals surface area (Å²) in [5.74, 6) is 0. The van der Waals surface area contributed by atoms with Crippen LogP contribution in [0.25, 0.3) is 0 Å². The summed E-state index contributed by atoms with van der Waals surface area (Å²) < 4.78 is 5.01. The molecule has 0 saturated heterocycles. The van der Waals surface area contributed by atoms with Crippen LogP contribution in [-0.2, 0) is 4.74 Å². The van der Waals surface area contributed by atoms with Crippen molar-refractivity contribution in [1.82, 2.24) is 15.1 Å². The molecule has 92 valence electrons. The Morgan fingerprint density at radius 2 is 1.67 bits per heavy atom. The Bertz CT molecular complexity index is 131. The van der Waals surface area contributed by atoms with Gasteiger partial charge in [0.25, 0.3) is 0 Å². The summed E-state index contributed by atoms with van der Waals surface area (Å²) in [6, 6.07) is 0. The van der Waals surface area contributed by atoms with Crippen LogP contribution < -0.4 is 5.32 Å². The molecule has 0 bridgehead atoms. The summed E-state index contributed by atoms with van der Waals surface area (Å²) in [7, 11) is 8.10. The van der Waals surface area contributed by atoms with Crippen LogP contribution in [0.3, 0.4) is 0 Å². The SMILES string of the molecule is COCCCN(C)CCNCCN(C)C. The molecule has 0 radical (unpaired) electrons. The first-order chi connectivity index (χ1) is 7.16. The van der Waals surface area contributed by atoms with Gasteiger partial charge in [-0.15, -0.1) is 0 Å². The van der Waals surface area contributed by atoms with Gasteiger partial charge in [0.1, 0.15) is 0 Å². The van der Waals surface area contributed by atoms with E-state index in [9.17, 15) is 0 Å². The highest BCUT2D eigenvalue weighted by Gasteiger charge is 1.97. The number of likely N-dealkylation sites (N-methyl/N-ethyl adjacent to an activating group) is 2. The monoisotopic (exact) mass is 217 g/mol. The molecule has 0 aliphatic rings. The van der Waals surface area contributed by atoms with Crippen molar-refractivity contribution in [1.29, 1.82) is 0 Å². The molecule has 4 heteroatoms. The molecule has 0 spiro atoms. The molecule has 0 amide bonds. The molecule has 0 aliphatic carbocycles. The van der Waals surface area contributed by atoms with Gasteiger partial charge in [0, 0.05) is 46.4 Å². The van der Waals surface area contributed by atoms with E-state index in [1.807, 2.05) is 0 Å². The zero-order valence-corrected chi connectivity index (χ0v) is 10.8. The van der Waals surface area contributed by atoms with Crippen molar-refractivity contribution in [3.63, 3.8) is 0 Å². The van der Waals surface area contributed by atoms with E-state index in [2.05, 4.69) is 36.3 Å². The molecule has 0 aromatic carbocycles. The molecule has 4 nitrogen and oxygen atoms in total. The average Bonchev–Trinajstić information content (AvgIpc) is 2.17. The van der Waals surface area contributed by atoms with Gasteiger partial charge < -0.3 is 19.9 Å². The largest absolute Gasteiger partial charge is 0.385 e. The lowest BCUT2D eigenvalue weighted by Crippen LogP contribution is -2.33. The maximum Gasteiger partial charge on any atom is 0.0474 e. The molecule has 0 aromatic rings. The van der Waals surface area contributed by atoms with Gasteiger partial charge in [0.2, 0.25) is 0 Å². The molecular formula is C11H27N3O. The van der Waals surface area contributed by atoms with Gasteiger partial charge in [-0.2, -0.15) is 0 Å². The summed E-state index contributed by atoms with van der Waals surface area (Å²) in [6.07, 6.45) is 1.12. The van der Waals surface area contributed by atoms with E-state index in [0.29, 0.717) is 0 Å². The van der Waals surface area contributed by atoms with Crippen LogP contribution in [0.15, 0.2) is 0 Å². The minimum Gasteiger partial charge on any atom is -0.385 e. The number of rotatable bonds is 10. The van der Waals surface area contributed by atoms with Gasteiger partial charge in [-0.05, 0) is 27.6 Å². The topological polar surface area (TPSA) is 27.7 Å². The Hall–Kier alpha value is -0.160. The predicted octanol–water partition coefficient (Wildman–Crippen LogP) is 0.106. The molecule has 0 fully saturated rings. The van der Waals surface area contributed by atoms with E-state index in [1.165, 1.54) is 0 Å². The lowest BCUT2D eigenvalue weighted by molar-refractivity contribution is 0.179. The number of ether oxygens (including phenoxy) is 1. The van der Waals surface area contributed by atoms with Crippen LogP contribution in [0.1, 0.15) is 6.42 Å². The highest BCUT2D eigenvalue weighted by atomic mass is 16.5. The van der Waals surface area contributed by atoms with Crippen molar-refractivity contribution in [2.24, 2.45) is 0 Å². The number of methoxy groups -OCH3 is 1. The summed E-state index contributed by atoms with van der Waals surface area (Å²) in [6.45, 7) is 6.32. The van der Waals surface area contributed by atoms with Gasteiger partial charge in [0.05, 0.1) is 0 Å². The Labute approximate surface area is 94.6 Å². The molecule has 0 heterocycles. The standard InChI is InChI=1S/C11H27N3O/c1-13(2)9-6-12-7-10-14(3)8-5-11-15-4/h12H,5-11H2,1-4H3. The van der Waals surface area contributed by atoms with Crippen LogP contribution in [0, 0.1) is 0 Å². The van der Waals surface area contributed by atoms with Crippen molar-refractivity contribution in [2.45, 2.75) is 6.42 Å². The van der Waals surface area contributed by atoms with Crippen LogP contribution in [-0.4, -0.2) is 77.4 Å². The number of nitrogens with zero attached hydrogens (tertiary/aromatic N) is 2. The minimum absolute atomic E-state index is 0.860. The van der Waals surface area contributed by atoms with E-state index in [-0.39, 0.29) is 0 Å². The first-order valence-corrected chi connectivity index (χ1v) is 5.69. The van der Waals surface area contributed by atoms with E-state index in [1.54, 1.807) is 7.11 Å². The van der Waals surface area contributed by atoms with Gasteiger partial charge in [-0.25, -0.2) is 0 Å². The molecular weight excluding hydrogens is 190 g/mol. The van der Waals surface area contributed by atoms with E-state index in [4.69, 9.17) is 4.74 Å². The van der Waals surface area contributed by atoms with Crippen molar-refractivity contribution in [2.75, 3.05) is 67.6 Å². The molecule has 1 N–H and O–H groups in total. The van der Waals surface area contributed by atoms with Gasteiger partial charge >= 0.3 is 0 Å². The third-order valence-corrected chi connectivity index (χ3v) is 2.29. The molecule has 0 aromatic heterocycles. The van der Waals surface area contributed by atoms with Crippen LogP contribution in [0.2, 0.25) is 0 Å². The van der Waals surface area contributed by atoms with Gasteiger partial charge in [0.15, 0.2) is 0 Å². The zero-order valence-electron chi connectivity index (χ0n) is 10.8. The average molecular weight is 217 g/mol. The van der Waals surface area contributed by atoms with Crippen molar-refractivity contribution in [3.05, 3.63) is 0 Å². The Balaban J connectivity index is 3.13. The van der Waals surface area contributed by atoms with Crippen molar-refractivity contribution >= 4 is 0 Å². The van der Waals surface area contributed by atoms with Crippen molar-refractivity contribution < 1.29 is 4.74 Å². The second-order valence-electron chi connectivity index (χ2n) is 4.20. The molecule has 15 heavy (non-hydrogen) atoms. The Morgan fingerprint density at radius 1 is 1.00 bits per heavy atom. The summed E-state index contributed by atoms with van der Waals surface area (Å²) in [5, 5.41) is 3.42. The Kier molecular flexibility index (Phi) is 10.3. The van der Waals surface area contributed by atoms with Crippen LogP contribution >= 0.6 is 0 Å². The fraction of sp³-hybridized carbons (Fsp3) is 1.00. The Morgan fingerprint density at radius 3 is 2.27 bits per heavy atom. The molecule has 0 rings (SSSR count). The second kappa shape index (κ2) is 10.4.